The van der Waals surface area contributed by atoms with E-state index in [2.05, 4.69) is 86.8 Å². The van der Waals surface area contributed by atoms with Crippen molar-refractivity contribution in [2.45, 2.75) is 322 Å². The van der Waals surface area contributed by atoms with E-state index in [1.54, 1.807) is 0 Å². The van der Waals surface area contributed by atoms with Crippen molar-refractivity contribution >= 4 is 19.8 Å². The number of phosphoric ester groups is 1. The molecule has 0 radical (unpaired) electrons. The molecular formula is C71H131NO8P+. The number of phosphoric acid groups is 1. The number of carbonyl (C=O) groups is 2. The molecule has 1 N–H and O–H groups in total. The summed E-state index contributed by atoms with van der Waals surface area (Å²) in [5.74, 6) is -0.790. The molecule has 0 aliphatic heterocycles. The first-order chi connectivity index (χ1) is 39.5. The summed E-state index contributed by atoms with van der Waals surface area (Å²) in [5, 5.41) is 0. The van der Waals surface area contributed by atoms with Crippen LogP contribution < -0.4 is 0 Å². The monoisotopic (exact) mass is 1160 g/mol. The highest BCUT2D eigenvalue weighted by atomic mass is 31.2. The minimum absolute atomic E-state index is 0.0299. The fraction of sp³-hybridized carbons (Fsp3) is 0.803. The second-order valence-electron chi connectivity index (χ2n) is 24.2. The second-order valence-corrected chi connectivity index (χ2v) is 25.6. The third-order valence-electron chi connectivity index (χ3n) is 15.0. The first kappa shape index (κ1) is 78.5. The number of rotatable bonds is 63. The van der Waals surface area contributed by atoms with E-state index in [1.807, 2.05) is 21.1 Å². The van der Waals surface area contributed by atoms with Gasteiger partial charge in [0.05, 0.1) is 27.7 Å². The Bertz CT molecular complexity index is 1600. The van der Waals surface area contributed by atoms with Gasteiger partial charge in [0, 0.05) is 12.8 Å². The molecule has 0 aromatic heterocycles. The van der Waals surface area contributed by atoms with Crippen molar-refractivity contribution in [2.75, 3.05) is 47.5 Å². The zero-order valence-corrected chi connectivity index (χ0v) is 54.7. The number of hydrogen-bond acceptors (Lipinski definition) is 7. The van der Waals surface area contributed by atoms with Gasteiger partial charge in [-0.2, -0.15) is 0 Å². The maximum atomic E-state index is 12.9. The number of carbonyl (C=O) groups excluding carboxylic acids is 2. The Morgan fingerprint density at radius 1 is 0.395 bits per heavy atom. The Morgan fingerprint density at radius 2 is 0.704 bits per heavy atom. The van der Waals surface area contributed by atoms with Crippen molar-refractivity contribution in [3.8, 4) is 0 Å². The lowest BCUT2D eigenvalue weighted by Crippen LogP contribution is -2.37. The van der Waals surface area contributed by atoms with E-state index >= 15 is 0 Å². The highest BCUT2D eigenvalue weighted by Crippen LogP contribution is 2.43. The molecule has 0 aliphatic carbocycles. The number of nitrogens with zero attached hydrogens (tertiary/aromatic N) is 1. The Labute approximate surface area is 501 Å². The van der Waals surface area contributed by atoms with Crippen LogP contribution in [0.15, 0.2) is 72.9 Å². The number of esters is 2. The molecule has 9 nitrogen and oxygen atoms in total. The lowest BCUT2D eigenvalue weighted by Gasteiger charge is -2.24. The number of quaternary nitrogens is 1. The average Bonchev–Trinajstić information content (AvgIpc) is 3.43. The summed E-state index contributed by atoms with van der Waals surface area (Å²) in [4.78, 5) is 35.9. The summed E-state index contributed by atoms with van der Waals surface area (Å²) < 4.78 is 34.7. The normalized spacial score (nSPS) is 13.6. The average molecular weight is 1160 g/mol. The van der Waals surface area contributed by atoms with Crippen LogP contribution in [0.3, 0.4) is 0 Å². The van der Waals surface area contributed by atoms with Crippen molar-refractivity contribution < 1.29 is 42.1 Å². The highest BCUT2D eigenvalue weighted by molar-refractivity contribution is 7.47. The van der Waals surface area contributed by atoms with Gasteiger partial charge in [0.1, 0.15) is 19.8 Å². The van der Waals surface area contributed by atoms with E-state index in [0.29, 0.717) is 23.9 Å². The highest BCUT2D eigenvalue weighted by Gasteiger charge is 2.27. The van der Waals surface area contributed by atoms with Gasteiger partial charge in [0.25, 0.3) is 0 Å². The van der Waals surface area contributed by atoms with Gasteiger partial charge in [-0.05, 0) is 64.2 Å². The first-order valence-electron chi connectivity index (χ1n) is 34.2. The number of hydrogen-bond donors (Lipinski definition) is 1. The third kappa shape index (κ3) is 66.5. The van der Waals surface area contributed by atoms with Crippen LogP contribution in [0, 0.1) is 0 Å². The van der Waals surface area contributed by atoms with Crippen molar-refractivity contribution in [3.63, 3.8) is 0 Å². The molecule has 0 aromatic carbocycles. The van der Waals surface area contributed by atoms with Crippen LogP contribution in [-0.2, 0) is 32.7 Å². The molecule has 0 aromatic rings. The van der Waals surface area contributed by atoms with Crippen LogP contribution in [-0.4, -0.2) is 74.9 Å². The maximum absolute atomic E-state index is 12.9. The van der Waals surface area contributed by atoms with Gasteiger partial charge in [0.2, 0.25) is 0 Å². The van der Waals surface area contributed by atoms with E-state index in [-0.39, 0.29) is 25.6 Å². The third-order valence-corrected chi connectivity index (χ3v) is 16.0. The largest absolute Gasteiger partial charge is 0.472 e. The predicted molar refractivity (Wildman–Crippen MR) is 349 cm³/mol. The number of likely N-dealkylation sites (N-methyl/N-ethyl adjacent to an activating group) is 1. The SMILES string of the molecule is CC/C=C\C/C=C\C/C=C\C/C=C\C/C=C\C/C=C\CCCCCCCCCCCCC(=O)OC(COC(=O)CCCCCCCCCCCCCCCCCCCCCCCCCCCCCC)COP(=O)(O)OCC[N+](C)(C)C. The van der Waals surface area contributed by atoms with Gasteiger partial charge >= 0.3 is 19.8 Å². The van der Waals surface area contributed by atoms with Gasteiger partial charge in [-0.25, -0.2) is 4.57 Å². The lowest BCUT2D eigenvalue weighted by molar-refractivity contribution is -0.870. The van der Waals surface area contributed by atoms with Crippen LogP contribution in [0.1, 0.15) is 316 Å². The molecule has 472 valence electrons. The molecule has 2 atom stereocenters. The smallest absolute Gasteiger partial charge is 0.462 e. The Hall–Kier alpha value is -2.55. The minimum atomic E-state index is -4.39. The summed E-state index contributed by atoms with van der Waals surface area (Å²) in [6.07, 6.45) is 82.9. The second kappa shape index (κ2) is 62.0. The topological polar surface area (TPSA) is 108 Å². The molecule has 2 unspecified atom stereocenters. The number of ether oxygens (including phenoxy) is 2. The molecule has 0 bridgehead atoms. The molecule has 0 spiro atoms. The molecule has 0 saturated carbocycles. The van der Waals surface area contributed by atoms with E-state index in [9.17, 15) is 19.0 Å². The van der Waals surface area contributed by atoms with Gasteiger partial charge in [0.15, 0.2) is 6.10 Å². The van der Waals surface area contributed by atoms with Crippen LogP contribution in [0.25, 0.3) is 0 Å². The summed E-state index contributed by atoms with van der Waals surface area (Å²) in [6, 6.07) is 0. The predicted octanol–water partition coefficient (Wildman–Crippen LogP) is 22.0. The summed E-state index contributed by atoms with van der Waals surface area (Å²) in [6.45, 7) is 4.36. The van der Waals surface area contributed by atoms with Crippen molar-refractivity contribution in [3.05, 3.63) is 72.9 Å². The molecule has 0 heterocycles. The van der Waals surface area contributed by atoms with Gasteiger partial charge < -0.3 is 18.9 Å². The Balaban J connectivity index is 4.06. The van der Waals surface area contributed by atoms with E-state index in [4.69, 9.17) is 18.5 Å². The number of allylic oxidation sites excluding steroid dienone is 12. The molecule has 0 fully saturated rings. The lowest BCUT2D eigenvalue weighted by atomic mass is 10.0. The zero-order chi connectivity index (χ0) is 59.1. The van der Waals surface area contributed by atoms with Crippen LogP contribution in [0.2, 0.25) is 0 Å². The van der Waals surface area contributed by atoms with E-state index in [1.165, 1.54) is 199 Å². The van der Waals surface area contributed by atoms with Gasteiger partial charge in [-0.1, -0.05) is 311 Å². The molecule has 0 rings (SSSR count). The zero-order valence-electron chi connectivity index (χ0n) is 53.8. The molecule has 0 saturated heterocycles. The molecular weight excluding hydrogens is 1030 g/mol. The fourth-order valence-corrected chi connectivity index (χ4v) is 10.5. The van der Waals surface area contributed by atoms with Crippen LogP contribution in [0.4, 0.5) is 0 Å². The van der Waals surface area contributed by atoms with E-state index in [0.717, 1.165) is 83.5 Å². The minimum Gasteiger partial charge on any atom is -0.462 e. The fourth-order valence-electron chi connectivity index (χ4n) is 9.79. The van der Waals surface area contributed by atoms with Crippen molar-refractivity contribution in [1.29, 1.82) is 0 Å². The summed E-state index contributed by atoms with van der Waals surface area (Å²) in [5.41, 5.74) is 0. The van der Waals surface area contributed by atoms with Gasteiger partial charge in [-0.15, -0.1) is 0 Å². The quantitative estimate of drug-likeness (QED) is 0.0211. The standard InChI is InChI=1S/C71H130NO8P/c1-6-8-10-12-14-16-18-20-22-24-26-28-30-32-34-36-38-40-42-44-46-48-50-52-54-56-58-60-62-64-71(74)80-69(68-79-81(75,76)78-66-65-72(3,4)5)67-77-70(73)63-61-59-57-55-53-51-49-47-45-43-41-39-37-35-33-31-29-27-25-23-21-19-17-15-13-11-9-7-2/h8,10,14,16,20,22,26,28,32,34,38,40,69H,6-7,9,11-13,15,17-19,21,23-25,27,29-31,33,35-37,39,41-68H2,1-5H3/p+1/b10-8-,16-14-,22-20-,28-26-,34-32-,40-38-. The molecule has 10 heteroatoms. The summed E-state index contributed by atoms with van der Waals surface area (Å²) in [7, 11) is 1.48. The Kier molecular flexibility index (Phi) is 60.0. The van der Waals surface area contributed by atoms with E-state index < -0.39 is 26.5 Å². The molecule has 81 heavy (non-hydrogen) atoms. The molecule has 0 aliphatic rings. The number of unbranched alkanes of at least 4 members (excludes halogenated alkanes) is 37. The van der Waals surface area contributed by atoms with Crippen molar-refractivity contribution in [2.24, 2.45) is 0 Å². The first-order valence-corrected chi connectivity index (χ1v) is 35.7. The maximum Gasteiger partial charge on any atom is 0.472 e. The van der Waals surface area contributed by atoms with Crippen LogP contribution >= 0.6 is 7.82 Å². The summed E-state index contributed by atoms with van der Waals surface area (Å²) >= 11 is 0. The Morgan fingerprint density at radius 3 is 1.05 bits per heavy atom. The molecule has 0 amide bonds. The van der Waals surface area contributed by atoms with Gasteiger partial charge in [-0.3, -0.25) is 18.6 Å². The van der Waals surface area contributed by atoms with Crippen molar-refractivity contribution in [1.82, 2.24) is 0 Å². The van der Waals surface area contributed by atoms with Crippen LogP contribution in [0.5, 0.6) is 0 Å².